The first-order valence-electron chi connectivity index (χ1n) is 5.60. The molecule has 0 radical (unpaired) electrons. The Labute approximate surface area is 106 Å². The number of anilines is 1. The predicted molar refractivity (Wildman–Crippen MR) is 70.0 cm³/mol. The molecule has 0 aliphatic rings. The highest BCUT2D eigenvalue weighted by Gasteiger charge is 1.92. The van der Waals surface area contributed by atoms with E-state index in [9.17, 15) is 0 Å². The van der Waals surface area contributed by atoms with Gasteiger partial charge in [0.2, 0.25) is 0 Å². The van der Waals surface area contributed by atoms with Crippen LogP contribution in [0.5, 0.6) is 0 Å². The Bertz CT molecular complexity index is 486. The standard InChI is InChI=1S/C14H15N.CO2/c1-12-7-9-14(10-8-12)15-11-13-5-3-2-4-6-13;2-1-3/h2-10,15H,11H2,1H3;. The zero-order chi connectivity index (χ0) is 13.2. The van der Waals surface area contributed by atoms with E-state index in [2.05, 4.69) is 60.8 Å². The fraction of sp³-hybridized carbons (Fsp3) is 0.133. The molecular weight excluding hydrogens is 226 g/mol. The van der Waals surface area contributed by atoms with Crippen LogP contribution in [0.4, 0.5) is 5.69 Å². The third-order valence-electron chi connectivity index (χ3n) is 2.39. The van der Waals surface area contributed by atoms with Crippen LogP contribution >= 0.6 is 0 Å². The third-order valence-corrected chi connectivity index (χ3v) is 2.39. The van der Waals surface area contributed by atoms with Gasteiger partial charge in [0.15, 0.2) is 0 Å². The van der Waals surface area contributed by atoms with E-state index in [0.29, 0.717) is 0 Å². The molecule has 3 heteroatoms. The van der Waals surface area contributed by atoms with Crippen molar-refractivity contribution in [3.8, 4) is 0 Å². The quantitative estimate of drug-likeness (QED) is 0.898. The third kappa shape index (κ3) is 5.10. The molecule has 2 aromatic rings. The lowest BCUT2D eigenvalue weighted by Gasteiger charge is -2.06. The van der Waals surface area contributed by atoms with E-state index in [0.717, 1.165) is 6.54 Å². The minimum atomic E-state index is 0.250. The number of benzene rings is 2. The molecule has 0 aliphatic carbocycles. The van der Waals surface area contributed by atoms with Crippen molar-refractivity contribution in [2.75, 3.05) is 5.32 Å². The summed E-state index contributed by atoms with van der Waals surface area (Å²) in [5.41, 5.74) is 3.77. The highest BCUT2D eigenvalue weighted by atomic mass is 16.2. The van der Waals surface area contributed by atoms with Crippen LogP contribution in [0, 0.1) is 6.92 Å². The number of nitrogens with one attached hydrogen (secondary N) is 1. The minimum Gasteiger partial charge on any atom is -0.381 e. The number of hydrogen-bond acceptors (Lipinski definition) is 3. The first-order valence-corrected chi connectivity index (χ1v) is 5.60. The normalized spacial score (nSPS) is 8.72. The smallest absolute Gasteiger partial charge is 0.373 e. The molecule has 18 heavy (non-hydrogen) atoms. The molecule has 0 spiro atoms. The van der Waals surface area contributed by atoms with E-state index in [-0.39, 0.29) is 6.15 Å². The van der Waals surface area contributed by atoms with Crippen LogP contribution < -0.4 is 5.32 Å². The summed E-state index contributed by atoms with van der Waals surface area (Å²) < 4.78 is 0. The van der Waals surface area contributed by atoms with Crippen molar-refractivity contribution < 1.29 is 9.59 Å². The summed E-state index contributed by atoms with van der Waals surface area (Å²) in [4.78, 5) is 16.2. The Morgan fingerprint density at radius 1 is 0.944 bits per heavy atom. The van der Waals surface area contributed by atoms with E-state index < -0.39 is 0 Å². The zero-order valence-electron chi connectivity index (χ0n) is 10.2. The summed E-state index contributed by atoms with van der Waals surface area (Å²) in [6, 6.07) is 18.9. The van der Waals surface area contributed by atoms with Gasteiger partial charge in [0.25, 0.3) is 0 Å². The monoisotopic (exact) mass is 241 g/mol. The Kier molecular flexibility index (Phi) is 5.95. The summed E-state index contributed by atoms with van der Waals surface area (Å²) in [7, 11) is 0. The van der Waals surface area contributed by atoms with Crippen molar-refractivity contribution in [2.24, 2.45) is 0 Å². The molecule has 0 saturated carbocycles. The predicted octanol–water partition coefficient (Wildman–Crippen LogP) is 3.02. The molecule has 2 aromatic carbocycles. The minimum absolute atomic E-state index is 0.250. The molecule has 0 aromatic heterocycles. The molecule has 1 N–H and O–H groups in total. The molecule has 0 atom stereocenters. The van der Waals surface area contributed by atoms with Crippen molar-refractivity contribution in [2.45, 2.75) is 13.5 Å². The molecule has 2 rings (SSSR count). The Balaban J connectivity index is 0.000000492. The average Bonchev–Trinajstić information content (AvgIpc) is 2.40. The lowest BCUT2D eigenvalue weighted by Crippen LogP contribution is -1.98. The summed E-state index contributed by atoms with van der Waals surface area (Å²) in [5, 5.41) is 3.39. The van der Waals surface area contributed by atoms with E-state index in [1.807, 2.05) is 6.07 Å². The molecule has 0 aliphatic heterocycles. The van der Waals surface area contributed by atoms with E-state index in [1.165, 1.54) is 16.8 Å². The van der Waals surface area contributed by atoms with Gasteiger partial charge in [0.1, 0.15) is 0 Å². The largest absolute Gasteiger partial charge is 0.381 e. The molecular formula is C15H15NO2. The molecule has 0 heterocycles. The lowest BCUT2D eigenvalue weighted by molar-refractivity contribution is -0.191. The second kappa shape index (κ2) is 7.82. The SMILES string of the molecule is Cc1ccc(NCc2ccccc2)cc1.O=C=O. The first-order chi connectivity index (χ1) is 8.76. The first kappa shape index (κ1) is 13.7. The molecule has 0 unspecified atom stereocenters. The van der Waals surface area contributed by atoms with E-state index in [1.54, 1.807) is 0 Å². The number of hydrogen-bond donors (Lipinski definition) is 1. The van der Waals surface area contributed by atoms with Crippen molar-refractivity contribution >= 4 is 11.8 Å². The van der Waals surface area contributed by atoms with Crippen LogP contribution in [0.25, 0.3) is 0 Å². The van der Waals surface area contributed by atoms with Gasteiger partial charge >= 0.3 is 6.15 Å². The highest BCUT2D eigenvalue weighted by molar-refractivity contribution is 5.44. The van der Waals surface area contributed by atoms with E-state index in [4.69, 9.17) is 9.59 Å². The summed E-state index contributed by atoms with van der Waals surface area (Å²) >= 11 is 0. The summed E-state index contributed by atoms with van der Waals surface area (Å²) in [6.07, 6.45) is 0.250. The summed E-state index contributed by atoms with van der Waals surface area (Å²) in [5.74, 6) is 0. The van der Waals surface area contributed by atoms with Crippen molar-refractivity contribution in [1.29, 1.82) is 0 Å². The maximum absolute atomic E-state index is 8.12. The maximum atomic E-state index is 8.12. The van der Waals surface area contributed by atoms with Crippen LogP contribution in [0.2, 0.25) is 0 Å². The number of rotatable bonds is 3. The van der Waals surface area contributed by atoms with Crippen LogP contribution in [-0.4, -0.2) is 6.15 Å². The van der Waals surface area contributed by atoms with Gasteiger partial charge in [-0.1, -0.05) is 48.0 Å². The van der Waals surface area contributed by atoms with Gasteiger partial charge in [-0.05, 0) is 24.6 Å². The maximum Gasteiger partial charge on any atom is 0.373 e. The van der Waals surface area contributed by atoms with Crippen LogP contribution in [0.1, 0.15) is 11.1 Å². The second-order valence-electron chi connectivity index (χ2n) is 3.79. The Hall–Kier alpha value is -2.38. The molecule has 3 nitrogen and oxygen atoms in total. The fourth-order valence-electron chi connectivity index (χ4n) is 1.47. The second-order valence-corrected chi connectivity index (χ2v) is 3.79. The molecule has 0 fully saturated rings. The van der Waals surface area contributed by atoms with Crippen molar-refractivity contribution in [1.82, 2.24) is 0 Å². The topological polar surface area (TPSA) is 46.2 Å². The van der Waals surface area contributed by atoms with E-state index >= 15 is 0 Å². The molecule has 0 bridgehead atoms. The van der Waals surface area contributed by atoms with Crippen molar-refractivity contribution in [3.05, 3.63) is 65.7 Å². The number of carbonyl (C=O) groups excluding carboxylic acids is 2. The van der Waals surface area contributed by atoms with Crippen LogP contribution in [-0.2, 0) is 16.1 Å². The van der Waals surface area contributed by atoms with Gasteiger partial charge in [-0.25, -0.2) is 0 Å². The zero-order valence-corrected chi connectivity index (χ0v) is 10.2. The Morgan fingerprint density at radius 3 is 2.06 bits per heavy atom. The van der Waals surface area contributed by atoms with Gasteiger partial charge in [-0.15, -0.1) is 0 Å². The van der Waals surface area contributed by atoms with Gasteiger partial charge in [0, 0.05) is 12.2 Å². The van der Waals surface area contributed by atoms with Crippen LogP contribution in [0.3, 0.4) is 0 Å². The number of aryl methyl sites for hydroxylation is 1. The Morgan fingerprint density at radius 2 is 1.50 bits per heavy atom. The fourth-order valence-corrected chi connectivity index (χ4v) is 1.47. The lowest BCUT2D eigenvalue weighted by atomic mass is 10.2. The van der Waals surface area contributed by atoms with Gasteiger partial charge in [0.05, 0.1) is 0 Å². The van der Waals surface area contributed by atoms with Gasteiger partial charge in [-0.2, -0.15) is 9.59 Å². The summed E-state index contributed by atoms with van der Waals surface area (Å²) in [6.45, 7) is 2.98. The highest BCUT2D eigenvalue weighted by Crippen LogP contribution is 2.10. The van der Waals surface area contributed by atoms with Gasteiger partial charge < -0.3 is 5.32 Å². The average molecular weight is 241 g/mol. The molecule has 0 saturated heterocycles. The van der Waals surface area contributed by atoms with Gasteiger partial charge in [-0.3, -0.25) is 0 Å². The molecule has 0 amide bonds. The van der Waals surface area contributed by atoms with Crippen molar-refractivity contribution in [3.63, 3.8) is 0 Å². The molecule has 92 valence electrons. The van der Waals surface area contributed by atoms with Crippen LogP contribution in [0.15, 0.2) is 54.6 Å².